The number of rotatable bonds is 12. The summed E-state index contributed by atoms with van der Waals surface area (Å²) in [6, 6.07) is 10.9. The molecule has 2 aromatic rings. The first-order valence-corrected chi connectivity index (χ1v) is 17.6. The molecule has 2 heterocycles. The van der Waals surface area contributed by atoms with E-state index >= 15 is 0 Å². The predicted molar refractivity (Wildman–Crippen MR) is 179 cm³/mol. The van der Waals surface area contributed by atoms with Crippen molar-refractivity contribution in [1.29, 1.82) is 0 Å². The topological polar surface area (TPSA) is 87.7 Å². The number of likely N-dealkylation sites (tertiary alicyclic amines) is 1. The monoisotopic (exact) mass is 641 g/mol. The molecule has 10 heteroatoms. The van der Waals surface area contributed by atoms with Crippen LogP contribution in [0.4, 0.5) is 4.39 Å². The lowest BCUT2D eigenvalue weighted by molar-refractivity contribution is -0.149. The smallest absolute Gasteiger partial charge is 0.328 e. The molecule has 2 N–H and O–H groups in total. The van der Waals surface area contributed by atoms with E-state index in [-0.39, 0.29) is 29.1 Å². The molecule has 2 aliphatic rings. The van der Waals surface area contributed by atoms with Gasteiger partial charge in [0.05, 0.1) is 6.10 Å². The summed E-state index contributed by atoms with van der Waals surface area (Å²) in [6.07, 6.45) is 8.97. The number of hydrogen-bond donors (Lipinski definition) is 2. The van der Waals surface area contributed by atoms with Crippen molar-refractivity contribution in [3.63, 3.8) is 0 Å². The lowest BCUT2D eigenvalue weighted by Gasteiger charge is -2.28. The summed E-state index contributed by atoms with van der Waals surface area (Å²) in [5.74, 6) is -0.364. The van der Waals surface area contributed by atoms with Crippen molar-refractivity contribution in [2.24, 2.45) is 5.92 Å². The first kappa shape index (κ1) is 34.2. The van der Waals surface area contributed by atoms with Crippen LogP contribution in [0, 0.1) is 11.7 Å². The number of thioether (sulfide) groups is 2. The maximum absolute atomic E-state index is 13.8. The minimum atomic E-state index is -0.774. The Kier molecular flexibility index (Phi) is 12.9. The van der Waals surface area contributed by atoms with E-state index in [0.717, 1.165) is 44.5 Å². The Balaban J connectivity index is 1.47. The Morgan fingerprint density at radius 1 is 1.14 bits per heavy atom. The standard InChI is InChI=1S/C34H44FN3O4S2/c1-22(2)42-33(40)31(15-18-43-4)37-32(39)29-12-6-23(19-30(29)24-7-9-26(35)10-8-24)5-11-27-20-28(21-36-27)44-34(41)25-13-16-38(3)17-14-25/h5-12,19,22,25,27-28,31,36H,13-18,20-21H2,1-4H3,(H,37,39)/b11-5+/t27-,28+,31?/m1/s1. The molecule has 7 nitrogen and oxygen atoms in total. The molecule has 2 aromatic carbocycles. The van der Waals surface area contributed by atoms with Crippen LogP contribution in [0.25, 0.3) is 17.2 Å². The fourth-order valence-electron chi connectivity index (χ4n) is 5.47. The second-order valence-corrected chi connectivity index (χ2v) is 14.1. The van der Waals surface area contributed by atoms with Crippen molar-refractivity contribution in [3.05, 3.63) is 65.5 Å². The quantitative estimate of drug-likeness (QED) is 0.288. The molecule has 44 heavy (non-hydrogen) atoms. The van der Waals surface area contributed by atoms with Gasteiger partial charge in [-0.25, -0.2) is 9.18 Å². The summed E-state index contributed by atoms with van der Waals surface area (Å²) in [7, 11) is 2.10. The number of hydrogen-bond acceptors (Lipinski definition) is 8. The SMILES string of the molecule is CSCCC(NC(=O)c1ccc(/C=C/[C@@H]2C[C@H](SC(=O)C3CCN(C)CC3)CN2)cc1-c1ccc(F)cc1)C(=O)OC(C)C. The first-order valence-electron chi connectivity index (χ1n) is 15.3. The molecule has 2 saturated heterocycles. The van der Waals surface area contributed by atoms with Gasteiger partial charge in [-0.05, 0) is 113 Å². The van der Waals surface area contributed by atoms with Crippen LogP contribution in [0.2, 0.25) is 0 Å². The fourth-order valence-corrected chi connectivity index (χ4v) is 7.18. The highest BCUT2D eigenvalue weighted by atomic mass is 32.2. The van der Waals surface area contributed by atoms with E-state index in [4.69, 9.17) is 4.74 Å². The maximum atomic E-state index is 13.8. The first-order chi connectivity index (χ1) is 21.1. The van der Waals surface area contributed by atoms with Crippen LogP contribution in [-0.4, -0.2) is 84.0 Å². The number of nitrogens with one attached hydrogen (secondary N) is 2. The van der Waals surface area contributed by atoms with Crippen molar-refractivity contribution in [1.82, 2.24) is 15.5 Å². The average Bonchev–Trinajstić information content (AvgIpc) is 3.45. The molecule has 3 atom stereocenters. The van der Waals surface area contributed by atoms with E-state index in [2.05, 4.69) is 28.7 Å². The Morgan fingerprint density at radius 3 is 2.55 bits per heavy atom. The highest BCUT2D eigenvalue weighted by Gasteiger charge is 2.30. The van der Waals surface area contributed by atoms with Gasteiger partial charge >= 0.3 is 5.97 Å². The summed E-state index contributed by atoms with van der Waals surface area (Å²) >= 11 is 3.09. The van der Waals surface area contributed by atoms with E-state index in [0.29, 0.717) is 34.0 Å². The van der Waals surface area contributed by atoms with Gasteiger partial charge in [-0.3, -0.25) is 9.59 Å². The van der Waals surface area contributed by atoms with Crippen molar-refractivity contribution < 1.29 is 23.5 Å². The molecule has 0 aromatic heterocycles. The van der Waals surface area contributed by atoms with E-state index in [1.807, 2.05) is 24.5 Å². The number of piperidine rings is 1. The number of ether oxygens (including phenoxy) is 1. The van der Waals surface area contributed by atoms with E-state index in [1.54, 1.807) is 43.8 Å². The minimum absolute atomic E-state index is 0.138. The molecule has 238 valence electrons. The van der Waals surface area contributed by atoms with Crippen molar-refractivity contribution in [3.8, 4) is 11.1 Å². The van der Waals surface area contributed by atoms with Crippen molar-refractivity contribution in [2.75, 3.05) is 38.7 Å². The van der Waals surface area contributed by atoms with Crippen LogP contribution in [0.15, 0.2) is 48.5 Å². The van der Waals surface area contributed by atoms with Crippen molar-refractivity contribution >= 4 is 46.6 Å². The molecule has 0 bridgehead atoms. The largest absolute Gasteiger partial charge is 0.461 e. The molecule has 4 rings (SSSR count). The number of amides is 1. The lowest BCUT2D eigenvalue weighted by atomic mass is 9.96. The molecule has 0 aliphatic carbocycles. The number of benzene rings is 2. The summed E-state index contributed by atoms with van der Waals surface area (Å²) in [6.45, 7) is 6.30. The van der Waals surface area contributed by atoms with Crippen LogP contribution in [0.5, 0.6) is 0 Å². The molecule has 0 spiro atoms. The van der Waals surface area contributed by atoms with Gasteiger partial charge in [0.25, 0.3) is 5.91 Å². The van der Waals surface area contributed by atoms with Crippen LogP contribution in [0.3, 0.4) is 0 Å². The Labute approximate surface area is 269 Å². The lowest BCUT2D eigenvalue weighted by Crippen LogP contribution is -2.43. The van der Waals surface area contributed by atoms with Crippen LogP contribution < -0.4 is 10.6 Å². The number of halogens is 1. The summed E-state index contributed by atoms with van der Waals surface area (Å²) in [4.78, 5) is 41.4. The number of carbonyl (C=O) groups is 3. The zero-order valence-corrected chi connectivity index (χ0v) is 27.6. The van der Waals surface area contributed by atoms with Gasteiger partial charge in [-0.1, -0.05) is 42.1 Å². The van der Waals surface area contributed by atoms with Gasteiger partial charge in [0.2, 0.25) is 0 Å². The molecule has 1 amide bonds. The van der Waals surface area contributed by atoms with Gasteiger partial charge in [0, 0.05) is 29.3 Å². The second kappa shape index (κ2) is 16.6. The van der Waals surface area contributed by atoms with Gasteiger partial charge in [-0.2, -0.15) is 11.8 Å². The molecular formula is C34H44FN3O4S2. The molecule has 2 fully saturated rings. The molecule has 2 aliphatic heterocycles. The van der Waals surface area contributed by atoms with Gasteiger partial charge in [0.15, 0.2) is 5.12 Å². The van der Waals surface area contributed by atoms with Crippen LogP contribution >= 0.6 is 23.5 Å². The Bertz CT molecular complexity index is 1310. The van der Waals surface area contributed by atoms with Crippen LogP contribution in [-0.2, 0) is 14.3 Å². The van der Waals surface area contributed by atoms with Crippen molar-refractivity contribution in [2.45, 2.75) is 63.0 Å². The van der Waals surface area contributed by atoms with E-state index in [1.165, 1.54) is 23.9 Å². The van der Waals surface area contributed by atoms with Gasteiger partial charge in [-0.15, -0.1) is 0 Å². The molecule has 1 unspecified atom stereocenters. The third kappa shape index (κ3) is 9.92. The van der Waals surface area contributed by atoms with E-state index in [9.17, 15) is 18.8 Å². The predicted octanol–water partition coefficient (Wildman–Crippen LogP) is 5.64. The Hall–Kier alpha value is -2.66. The summed E-state index contributed by atoms with van der Waals surface area (Å²) in [5, 5.41) is 6.96. The second-order valence-electron chi connectivity index (χ2n) is 11.9. The molecular weight excluding hydrogens is 598 g/mol. The zero-order chi connectivity index (χ0) is 31.6. The summed E-state index contributed by atoms with van der Waals surface area (Å²) in [5.41, 5.74) is 2.62. The zero-order valence-electron chi connectivity index (χ0n) is 26.0. The number of esters is 1. The van der Waals surface area contributed by atoms with Crippen LogP contribution in [0.1, 0.15) is 55.5 Å². The highest BCUT2D eigenvalue weighted by molar-refractivity contribution is 8.14. The average molecular weight is 642 g/mol. The Morgan fingerprint density at radius 2 is 1.86 bits per heavy atom. The number of carbonyl (C=O) groups excluding carboxylic acids is 3. The normalized spacial score (nSPS) is 20.2. The maximum Gasteiger partial charge on any atom is 0.328 e. The third-order valence-corrected chi connectivity index (χ3v) is 9.88. The minimum Gasteiger partial charge on any atom is -0.461 e. The number of nitrogens with zero attached hydrogens (tertiary/aromatic N) is 1. The highest BCUT2D eigenvalue weighted by Crippen LogP contribution is 2.30. The summed E-state index contributed by atoms with van der Waals surface area (Å²) < 4.78 is 19.2. The van der Waals surface area contributed by atoms with Gasteiger partial charge < -0.3 is 20.3 Å². The molecule has 0 radical (unpaired) electrons. The fraction of sp³-hybridized carbons (Fsp3) is 0.500. The van der Waals surface area contributed by atoms with E-state index < -0.39 is 17.9 Å². The third-order valence-electron chi connectivity index (χ3n) is 7.98. The van der Waals surface area contributed by atoms with Gasteiger partial charge in [0.1, 0.15) is 11.9 Å². The molecule has 0 saturated carbocycles.